The Labute approximate surface area is 398 Å². The van der Waals surface area contributed by atoms with Gasteiger partial charge in [0.05, 0.1) is 34.4 Å². The van der Waals surface area contributed by atoms with Crippen LogP contribution in [0.4, 0.5) is 0 Å². The number of esters is 2. The Bertz CT molecular complexity index is 1340. The molecule has 0 saturated heterocycles. The van der Waals surface area contributed by atoms with Crippen LogP contribution >= 0.6 is 0 Å². The number of hydrogen-bond donors (Lipinski definition) is 1. The van der Waals surface area contributed by atoms with Crippen molar-refractivity contribution in [1.82, 2.24) is 0 Å². The maximum absolute atomic E-state index is 12.8. The van der Waals surface area contributed by atoms with E-state index < -0.39 is 24.3 Å². The molecule has 0 fully saturated rings. The summed E-state index contributed by atoms with van der Waals surface area (Å²) in [5, 5.41) is 9.67. The topological polar surface area (TPSA) is 108 Å². The monoisotopic (exact) mass is 911 g/mol. The second-order valence-electron chi connectivity index (χ2n) is 18.1. The molecule has 2 unspecified atom stereocenters. The molecule has 0 saturated carbocycles. The molecule has 0 amide bonds. The van der Waals surface area contributed by atoms with Gasteiger partial charge in [-0.1, -0.05) is 176 Å². The number of unbranched alkanes of at least 4 members (excludes halogenated alkanes) is 17. The molecule has 9 nitrogen and oxygen atoms in total. The van der Waals surface area contributed by atoms with Gasteiger partial charge in [0.1, 0.15) is 13.2 Å². The number of ether oxygens (including phenoxy) is 4. The van der Waals surface area contributed by atoms with Gasteiger partial charge in [0, 0.05) is 12.8 Å². The SMILES string of the molecule is CC/C=C\C/C=C\C/C=C\C/C=C\C/C=C\C/C=C\CCCCCCC(=O)OC(COC(=O)CCCCCCCCC/C=C\CCCCCCCC)COC(OCC[N+](C)(C)C)C(=O)O. The standard InChI is InChI=1S/C56H95NO8/c1-6-8-10-12-14-16-18-20-22-24-25-26-27-28-29-31-33-35-37-39-41-43-45-47-54(59)65-52(51-64-56(55(60)61)62-49-48-57(3,4)5)50-63-53(58)46-44-42-40-38-36-34-32-30-23-21-19-17-15-13-11-9-7-2/h8,10,14,16,20-23,25-26,28-29,33,35,52,56H,6-7,9,11-13,15,17-19,24,27,30-32,34,36-51H2,1-5H3/p+1/b10-8-,16-14-,22-20-,23-21-,26-25-,29-28-,35-33-. The zero-order valence-corrected chi connectivity index (χ0v) is 42.1. The fraction of sp³-hybridized carbons (Fsp3) is 0.696. The van der Waals surface area contributed by atoms with E-state index in [1.165, 1.54) is 64.2 Å². The lowest BCUT2D eigenvalue weighted by Crippen LogP contribution is -2.40. The minimum atomic E-state index is -1.52. The van der Waals surface area contributed by atoms with Crippen LogP contribution < -0.4 is 0 Å². The molecule has 0 aliphatic carbocycles. The summed E-state index contributed by atoms with van der Waals surface area (Å²) in [6.45, 7) is 4.71. The van der Waals surface area contributed by atoms with Crippen LogP contribution in [-0.2, 0) is 33.3 Å². The van der Waals surface area contributed by atoms with Gasteiger partial charge in [0.25, 0.3) is 6.29 Å². The van der Waals surface area contributed by atoms with Gasteiger partial charge in [-0.3, -0.25) is 9.59 Å². The summed E-state index contributed by atoms with van der Waals surface area (Å²) >= 11 is 0. The molecule has 372 valence electrons. The van der Waals surface area contributed by atoms with Crippen LogP contribution in [0.3, 0.4) is 0 Å². The highest BCUT2D eigenvalue weighted by atomic mass is 16.7. The van der Waals surface area contributed by atoms with Gasteiger partial charge < -0.3 is 28.5 Å². The molecular formula is C56H96NO8+. The van der Waals surface area contributed by atoms with E-state index in [1.807, 2.05) is 21.1 Å². The number of aliphatic carboxylic acids is 1. The molecular weight excluding hydrogens is 815 g/mol. The van der Waals surface area contributed by atoms with Gasteiger partial charge >= 0.3 is 17.9 Å². The summed E-state index contributed by atoms with van der Waals surface area (Å²) in [6.07, 6.45) is 57.8. The average molecular weight is 911 g/mol. The molecule has 65 heavy (non-hydrogen) atoms. The number of carbonyl (C=O) groups is 3. The van der Waals surface area contributed by atoms with Gasteiger partial charge in [-0.2, -0.15) is 0 Å². The summed E-state index contributed by atoms with van der Waals surface area (Å²) < 4.78 is 22.8. The van der Waals surface area contributed by atoms with E-state index in [9.17, 15) is 19.5 Å². The van der Waals surface area contributed by atoms with Crippen molar-refractivity contribution < 1.29 is 42.9 Å². The first-order chi connectivity index (χ1) is 31.6. The number of carbonyl (C=O) groups excluding carboxylic acids is 2. The third-order valence-corrected chi connectivity index (χ3v) is 10.6. The first-order valence-electron chi connectivity index (χ1n) is 25.8. The third kappa shape index (κ3) is 48.2. The fourth-order valence-corrected chi connectivity index (χ4v) is 6.66. The van der Waals surface area contributed by atoms with E-state index in [0.717, 1.165) is 96.3 Å². The van der Waals surface area contributed by atoms with Gasteiger partial charge in [-0.05, 0) is 89.9 Å². The van der Waals surface area contributed by atoms with Crippen LogP contribution in [0.1, 0.15) is 194 Å². The van der Waals surface area contributed by atoms with Crippen LogP contribution in [0, 0.1) is 0 Å². The summed E-state index contributed by atoms with van der Waals surface area (Å²) in [5.74, 6) is -2.05. The lowest BCUT2D eigenvalue weighted by atomic mass is 10.1. The van der Waals surface area contributed by atoms with E-state index in [1.54, 1.807) is 0 Å². The zero-order chi connectivity index (χ0) is 47.7. The Morgan fingerprint density at radius 3 is 1.32 bits per heavy atom. The normalized spacial score (nSPS) is 13.6. The van der Waals surface area contributed by atoms with Crippen molar-refractivity contribution in [2.24, 2.45) is 0 Å². The molecule has 0 heterocycles. The highest BCUT2D eigenvalue weighted by molar-refractivity contribution is 5.71. The Balaban J connectivity index is 4.43. The molecule has 9 heteroatoms. The lowest BCUT2D eigenvalue weighted by Gasteiger charge is -2.25. The summed E-state index contributed by atoms with van der Waals surface area (Å²) in [6, 6.07) is 0. The number of allylic oxidation sites excluding steroid dienone is 14. The van der Waals surface area contributed by atoms with Gasteiger partial charge in [0.2, 0.25) is 0 Å². The number of quaternary nitrogens is 1. The lowest BCUT2D eigenvalue weighted by molar-refractivity contribution is -0.870. The van der Waals surface area contributed by atoms with Crippen molar-refractivity contribution in [2.45, 2.75) is 206 Å². The molecule has 0 radical (unpaired) electrons. The Hall–Kier alpha value is -3.53. The predicted molar refractivity (Wildman–Crippen MR) is 272 cm³/mol. The van der Waals surface area contributed by atoms with E-state index in [0.29, 0.717) is 17.4 Å². The molecule has 0 spiro atoms. The van der Waals surface area contributed by atoms with Gasteiger partial charge in [0.15, 0.2) is 6.10 Å². The Kier molecular flexibility index (Phi) is 44.4. The number of rotatable bonds is 46. The highest BCUT2D eigenvalue weighted by Gasteiger charge is 2.25. The number of hydrogen-bond acceptors (Lipinski definition) is 7. The number of likely N-dealkylation sites (N-methyl/N-ethyl adjacent to an activating group) is 1. The average Bonchev–Trinajstić information content (AvgIpc) is 3.27. The van der Waals surface area contributed by atoms with E-state index in [2.05, 4.69) is 98.9 Å². The molecule has 1 N–H and O–H groups in total. The molecule has 0 rings (SSSR count). The first-order valence-corrected chi connectivity index (χ1v) is 25.8. The quantitative estimate of drug-likeness (QED) is 0.0211. The van der Waals surface area contributed by atoms with Crippen LogP contribution in [-0.4, -0.2) is 87.4 Å². The first kappa shape index (κ1) is 61.5. The van der Waals surface area contributed by atoms with Crippen LogP contribution in [0.2, 0.25) is 0 Å². The molecule has 0 aliphatic heterocycles. The smallest absolute Gasteiger partial charge is 0.361 e. The fourth-order valence-electron chi connectivity index (χ4n) is 6.66. The second-order valence-corrected chi connectivity index (χ2v) is 18.1. The second kappa shape index (κ2) is 47.0. The van der Waals surface area contributed by atoms with Crippen molar-refractivity contribution in [2.75, 3.05) is 47.5 Å². The third-order valence-electron chi connectivity index (χ3n) is 10.6. The Morgan fingerprint density at radius 2 is 0.877 bits per heavy atom. The number of carboxylic acid groups (broad SMARTS) is 1. The summed E-state index contributed by atoms with van der Waals surface area (Å²) in [5.41, 5.74) is 0. The van der Waals surface area contributed by atoms with Crippen LogP contribution in [0.5, 0.6) is 0 Å². The van der Waals surface area contributed by atoms with Crippen molar-refractivity contribution in [3.8, 4) is 0 Å². The molecule has 0 aliphatic rings. The largest absolute Gasteiger partial charge is 0.477 e. The maximum atomic E-state index is 12.8. The molecule has 0 aromatic carbocycles. The van der Waals surface area contributed by atoms with Crippen molar-refractivity contribution >= 4 is 17.9 Å². The van der Waals surface area contributed by atoms with E-state index in [4.69, 9.17) is 18.9 Å². The van der Waals surface area contributed by atoms with Gasteiger partial charge in [-0.15, -0.1) is 0 Å². The van der Waals surface area contributed by atoms with Crippen molar-refractivity contribution in [3.63, 3.8) is 0 Å². The summed E-state index contributed by atoms with van der Waals surface area (Å²) in [4.78, 5) is 37.3. The number of nitrogens with zero attached hydrogens (tertiary/aromatic N) is 1. The maximum Gasteiger partial charge on any atom is 0.361 e. The minimum Gasteiger partial charge on any atom is -0.477 e. The highest BCUT2D eigenvalue weighted by Crippen LogP contribution is 2.13. The molecule has 0 aromatic heterocycles. The predicted octanol–water partition coefficient (Wildman–Crippen LogP) is 14.4. The molecule has 0 aromatic rings. The zero-order valence-electron chi connectivity index (χ0n) is 42.1. The van der Waals surface area contributed by atoms with E-state index in [-0.39, 0.29) is 38.6 Å². The Morgan fingerprint density at radius 1 is 0.477 bits per heavy atom. The minimum absolute atomic E-state index is 0.177. The van der Waals surface area contributed by atoms with Crippen LogP contribution in [0.25, 0.3) is 0 Å². The molecule has 2 atom stereocenters. The van der Waals surface area contributed by atoms with Crippen molar-refractivity contribution in [1.29, 1.82) is 0 Å². The molecule has 0 bridgehead atoms. The number of carboxylic acids is 1. The van der Waals surface area contributed by atoms with Crippen LogP contribution in [0.15, 0.2) is 85.1 Å². The van der Waals surface area contributed by atoms with Crippen molar-refractivity contribution in [3.05, 3.63) is 85.1 Å². The summed E-state index contributed by atoms with van der Waals surface area (Å²) in [7, 11) is 5.94. The van der Waals surface area contributed by atoms with E-state index >= 15 is 0 Å². The van der Waals surface area contributed by atoms with Gasteiger partial charge in [-0.25, -0.2) is 4.79 Å².